The molecule has 0 aromatic heterocycles. The Hall–Kier alpha value is -4.27. The molecule has 0 saturated heterocycles. The maximum Gasteiger partial charge on any atom is 0.209 e. The van der Waals surface area contributed by atoms with Crippen LogP contribution in [0.4, 0.5) is 11.4 Å². The molecule has 2 heterocycles. The number of anilines is 2. The van der Waals surface area contributed by atoms with Crippen LogP contribution in [0.3, 0.4) is 0 Å². The Balaban J connectivity index is 0.000000155. The van der Waals surface area contributed by atoms with Crippen molar-refractivity contribution < 1.29 is 26.4 Å². The third-order valence-corrected chi connectivity index (χ3v) is 14.9. The van der Waals surface area contributed by atoms with Crippen LogP contribution < -0.4 is 11.5 Å². The number of ketones is 2. The van der Waals surface area contributed by atoms with Gasteiger partial charge in [0.2, 0.25) is 19.7 Å². The van der Waals surface area contributed by atoms with Gasteiger partial charge < -0.3 is 11.5 Å². The lowest BCUT2D eigenvalue weighted by Crippen LogP contribution is -2.20. The molecule has 0 saturated carbocycles. The standard InChI is InChI=1S/C19H12ClNO3S2.C13H6Cl2O3S.C6H7NS/c20-17-15(25-14-7-3-2-6-13(14)21)10-9-12-18(22)11-5-1-4-8-16(11)26(23,24)19(12)17;14-9-6-5-8-12(16)7-3-1-2-4-10(7)19(17,18)13(8)11(9)15;7-5-3-1-2-4-6(5)8/h1-10H,21H2;1-6H;1-4,8H,7H2. The van der Waals surface area contributed by atoms with Crippen molar-refractivity contribution in [2.45, 2.75) is 34.3 Å². The third kappa shape index (κ3) is 7.20. The second kappa shape index (κ2) is 15.2. The summed E-state index contributed by atoms with van der Waals surface area (Å²) in [6, 6.07) is 32.9. The van der Waals surface area contributed by atoms with Crippen molar-refractivity contribution in [3.8, 4) is 0 Å². The number of nitrogens with two attached hydrogens (primary N) is 2. The van der Waals surface area contributed by atoms with E-state index in [-0.39, 0.29) is 68.5 Å². The van der Waals surface area contributed by atoms with Crippen molar-refractivity contribution in [3.63, 3.8) is 0 Å². The first-order valence-corrected chi connectivity index (χ1v) is 20.7. The van der Waals surface area contributed by atoms with E-state index in [0.29, 0.717) is 10.6 Å². The molecular formula is C38H25Cl3N2O6S4. The molecule has 6 aromatic carbocycles. The number of nitrogen functional groups attached to an aromatic ring is 2. The summed E-state index contributed by atoms with van der Waals surface area (Å²) in [6.07, 6.45) is 0. The van der Waals surface area contributed by atoms with E-state index < -0.39 is 19.7 Å². The fraction of sp³-hybridized carbons (Fsp3) is 0. The van der Waals surface area contributed by atoms with Crippen molar-refractivity contribution in [1.29, 1.82) is 0 Å². The minimum atomic E-state index is -3.89. The zero-order valence-electron chi connectivity index (χ0n) is 27.0. The highest BCUT2D eigenvalue weighted by Crippen LogP contribution is 2.45. The average Bonchev–Trinajstić information content (AvgIpc) is 3.14. The molecule has 0 atom stereocenters. The molecule has 8 rings (SSSR count). The van der Waals surface area contributed by atoms with Crippen molar-refractivity contribution in [2.75, 3.05) is 11.5 Å². The predicted molar refractivity (Wildman–Crippen MR) is 212 cm³/mol. The van der Waals surface area contributed by atoms with Crippen LogP contribution in [-0.2, 0) is 19.7 Å². The fourth-order valence-corrected chi connectivity index (χ4v) is 11.3. The second-order valence-corrected chi connectivity index (χ2v) is 17.8. The molecule has 2 aliphatic heterocycles. The largest absolute Gasteiger partial charge is 0.398 e. The first-order valence-electron chi connectivity index (χ1n) is 15.3. The number of para-hydroxylation sites is 2. The van der Waals surface area contributed by atoms with Gasteiger partial charge in [-0.05, 0) is 72.8 Å². The van der Waals surface area contributed by atoms with Crippen LogP contribution >= 0.6 is 59.2 Å². The summed E-state index contributed by atoms with van der Waals surface area (Å²) >= 11 is 23.6. The highest BCUT2D eigenvalue weighted by molar-refractivity contribution is 7.99. The highest BCUT2D eigenvalue weighted by Gasteiger charge is 2.38. The summed E-state index contributed by atoms with van der Waals surface area (Å²) < 4.78 is 51.2. The first-order chi connectivity index (χ1) is 25.2. The molecule has 268 valence electrons. The summed E-state index contributed by atoms with van der Waals surface area (Å²) in [5.41, 5.74) is 13.2. The van der Waals surface area contributed by atoms with Crippen LogP contribution in [0.25, 0.3) is 0 Å². The van der Waals surface area contributed by atoms with Crippen LogP contribution in [0.2, 0.25) is 15.1 Å². The Morgan fingerprint density at radius 3 is 1.45 bits per heavy atom. The summed E-state index contributed by atoms with van der Waals surface area (Å²) in [6.45, 7) is 0. The normalized spacial score (nSPS) is 14.2. The zero-order chi connectivity index (χ0) is 38.2. The van der Waals surface area contributed by atoms with E-state index in [2.05, 4.69) is 12.6 Å². The van der Waals surface area contributed by atoms with Gasteiger partial charge in [-0.15, -0.1) is 12.6 Å². The van der Waals surface area contributed by atoms with E-state index in [1.165, 1.54) is 54.2 Å². The maximum atomic E-state index is 13.1. The van der Waals surface area contributed by atoms with E-state index in [4.69, 9.17) is 46.3 Å². The van der Waals surface area contributed by atoms with Gasteiger partial charge in [0.15, 0.2) is 11.6 Å². The minimum absolute atomic E-state index is 0.0132. The van der Waals surface area contributed by atoms with Crippen molar-refractivity contribution in [2.24, 2.45) is 0 Å². The monoisotopic (exact) mass is 838 g/mol. The van der Waals surface area contributed by atoms with Crippen LogP contribution in [-0.4, -0.2) is 28.4 Å². The summed E-state index contributed by atoms with van der Waals surface area (Å²) in [7, 11) is -7.71. The number of hydrogen-bond donors (Lipinski definition) is 3. The molecule has 0 fully saturated rings. The van der Waals surface area contributed by atoms with Gasteiger partial charge in [-0.1, -0.05) is 95.1 Å². The topological polar surface area (TPSA) is 154 Å². The number of halogens is 3. The third-order valence-electron chi connectivity index (χ3n) is 8.06. The Labute approximate surface area is 330 Å². The maximum absolute atomic E-state index is 13.1. The molecule has 0 aliphatic carbocycles. The Morgan fingerprint density at radius 2 is 0.943 bits per heavy atom. The van der Waals surface area contributed by atoms with E-state index in [1.807, 2.05) is 42.5 Å². The lowest BCUT2D eigenvalue weighted by atomic mass is 10.0. The van der Waals surface area contributed by atoms with Gasteiger partial charge in [-0.3, -0.25) is 9.59 Å². The van der Waals surface area contributed by atoms with Crippen LogP contribution in [0.1, 0.15) is 31.8 Å². The van der Waals surface area contributed by atoms with Gasteiger partial charge in [0.25, 0.3) is 0 Å². The van der Waals surface area contributed by atoms with Gasteiger partial charge in [-0.2, -0.15) is 0 Å². The predicted octanol–water partition coefficient (Wildman–Crippen LogP) is 9.38. The van der Waals surface area contributed by atoms with E-state index in [0.717, 1.165) is 15.5 Å². The average molecular weight is 840 g/mol. The molecule has 0 unspecified atom stereocenters. The van der Waals surface area contributed by atoms with Crippen molar-refractivity contribution in [3.05, 3.63) is 159 Å². The number of carbonyl (C=O) groups is 2. The number of thiol groups is 1. The number of sulfone groups is 2. The summed E-state index contributed by atoms with van der Waals surface area (Å²) in [5, 5.41) is 0.0387. The molecule has 53 heavy (non-hydrogen) atoms. The highest BCUT2D eigenvalue weighted by atomic mass is 35.5. The van der Waals surface area contributed by atoms with Crippen molar-refractivity contribution >= 4 is 102 Å². The molecule has 0 bridgehead atoms. The van der Waals surface area contributed by atoms with Crippen LogP contribution in [0.5, 0.6) is 0 Å². The molecule has 4 N–H and O–H groups in total. The lowest BCUT2D eigenvalue weighted by molar-refractivity contribution is 0.102. The van der Waals surface area contributed by atoms with E-state index in [1.54, 1.807) is 36.4 Å². The Kier molecular flexibility index (Phi) is 11.0. The van der Waals surface area contributed by atoms with Crippen LogP contribution in [0.15, 0.2) is 156 Å². The molecular weight excluding hydrogens is 815 g/mol. The molecule has 6 aromatic rings. The van der Waals surface area contributed by atoms with Gasteiger partial charge in [-0.25, -0.2) is 16.8 Å². The van der Waals surface area contributed by atoms with Gasteiger partial charge in [0.05, 0.1) is 24.9 Å². The van der Waals surface area contributed by atoms with Crippen LogP contribution in [0, 0.1) is 0 Å². The SMILES string of the molecule is Nc1ccccc1S.Nc1ccccc1Sc1ccc2c(c1Cl)S(=O)(=O)c1ccccc1C2=O.O=C1c2ccccc2S(=O)(=O)c2c1ccc(Cl)c2Cl. The van der Waals surface area contributed by atoms with Crippen molar-refractivity contribution in [1.82, 2.24) is 0 Å². The quantitative estimate of drug-likeness (QED) is 0.114. The number of hydrogen-bond acceptors (Lipinski definition) is 10. The number of fused-ring (bicyclic) bond motifs is 4. The van der Waals surface area contributed by atoms with Gasteiger partial charge in [0.1, 0.15) is 9.79 Å². The van der Waals surface area contributed by atoms with E-state index >= 15 is 0 Å². The van der Waals surface area contributed by atoms with E-state index in [9.17, 15) is 26.4 Å². The smallest absolute Gasteiger partial charge is 0.209 e. The molecule has 0 amide bonds. The molecule has 15 heteroatoms. The number of rotatable bonds is 2. The molecule has 2 aliphatic rings. The molecule has 0 radical (unpaired) electrons. The Morgan fingerprint density at radius 1 is 0.491 bits per heavy atom. The Bertz CT molecular complexity index is 2680. The lowest BCUT2D eigenvalue weighted by Gasteiger charge is -2.21. The molecule has 0 spiro atoms. The fourth-order valence-electron chi connectivity index (χ4n) is 5.50. The minimum Gasteiger partial charge on any atom is -0.398 e. The summed E-state index contributed by atoms with van der Waals surface area (Å²) in [5.74, 6) is -0.706. The first kappa shape index (κ1) is 38.5. The molecule has 8 nitrogen and oxygen atoms in total. The zero-order valence-corrected chi connectivity index (χ0v) is 32.6. The van der Waals surface area contributed by atoms with Gasteiger partial charge in [0, 0.05) is 48.3 Å². The number of carbonyl (C=O) groups excluding carboxylic acids is 2. The summed E-state index contributed by atoms with van der Waals surface area (Å²) in [4.78, 5) is 26.8. The van der Waals surface area contributed by atoms with Gasteiger partial charge >= 0.3 is 0 Å². The second-order valence-electron chi connectivity index (χ2n) is 11.3. The number of benzene rings is 6.